The van der Waals surface area contributed by atoms with Crippen LogP contribution in [0.1, 0.15) is 25.3 Å². The Morgan fingerprint density at radius 1 is 1.18 bits per heavy atom. The van der Waals surface area contributed by atoms with Crippen LogP contribution in [0.4, 0.5) is 0 Å². The summed E-state index contributed by atoms with van der Waals surface area (Å²) in [6.07, 6.45) is 3.60. The second-order valence-corrected chi connectivity index (χ2v) is 5.65. The van der Waals surface area contributed by atoms with Crippen LogP contribution >= 0.6 is 0 Å². The molecule has 0 bridgehead atoms. The van der Waals surface area contributed by atoms with Crippen molar-refractivity contribution in [3.8, 4) is 0 Å². The normalized spacial score (nSPS) is 10.9. The third kappa shape index (κ3) is 2.86. The van der Waals surface area contributed by atoms with Gasteiger partial charge in [-0.05, 0) is 34.4 Å². The summed E-state index contributed by atoms with van der Waals surface area (Å²) < 4.78 is 5.19. The van der Waals surface area contributed by atoms with E-state index in [-0.39, 0.29) is 0 Å². The Kier molecular flexibility index (Phi) is 4.53. The van der Waals surface area contributed by atoms with E-state index in [4.69, 9.17) is 4.12 Å². The Morgan fingerprint density at radius 2 is 2.00 bits per heavy atom. The van der Waals surface area contributed by atoms with Gasteiger partial charge in [-0.25, -0.2) is 0 Å². The number of hydrogen-bond donors (Lipinski definition) is 0. The van der Waals surface area contributed by atoms with Gasteiger partial charge in [-0.1, -0.05) is 49.7 Å². The number of hydrogen-bond acceptors (Lipinski definition) is 1. The van der Waals surface area contributed by atoms with Crippen molar-refractivity contribution in [3.63, 3.8) is 0 Å². The lowest BCUT2D eigenvalue weighted by Crippen LogP contribution is -2.22. The fourth-order valence-corrected chi connectivity index (χ4v) is 3.15. The van der Waals surface area contributed by atoms with Gasteiger partial charge in [0.05, 0.1) is 0 Å². The zero-order valence-corrected chi connectivity index (χ0v) is 12.0. The number of unbranched alkanes of at least 4 members (excludes halogenated alkanes) is 1. The minimum Gasteiger partial charge on any atom is -0.454 e. The van der Waals surface area contributed by atoms with Gasteiger partial charge in [0.1, 0.15) is 0 Å². The van der Waals surface area contributed by atoms with Gasteiger partial charge in [0.2, 0.25) is 10.5 Å². The largest absolute Gasteiger partial charge is 0.454 e. The second kappa shape index (κ2) is 6.14. The van der Waals surface area contributed by atoms with Crippen molar-refractivity contribution in [2.24, 2.45) is 0 Å². The molecule has 2 rings (SSSR count). The fraction of sp³-hybridized carbons (Fsp3) is 0.286. The molecule has 0 aliphatic carbocycles. The predicted octanol–water partition coefficient (Wildman–Crippen LogP) is 2.53. The van der Waals surface area contributed by atoms with Crippen molar-refractivity contribution in [3.05, 3.63) is 42.0 Å². The van der Waals surface area contributed by atoms with E-state index in [9.17, 15) is 0 Å². The molecular weight excluding hydrogens is 240 g/mol. The van der Waals surface area contributed by atoms with Crippen molar-refractivity contribution in [1.29, 1.82) is 0 Å². The Morgan fingerprint density at radius 3 is 2.76 bits per heavy atom. The molecule has 1 nitrogen and oxygen atoms in total. The van der Waals surface area contributed by atoms with Crippen LogP contribution in [0.2, 0.25) is 0 Å². The van der Waals surface area contributed by atoms with Gasteiger partial charge < -0.3 is 4.12 Å². The molecule has 0 amide bonds. The summed E-state index contributed by atoms with van der Waals surface area (Å²) in [7, 11) is 3.50. The van der Waals surface area contributed by atoms with Crippen molar-refractivity contribution in [2.45, 2.75) is 26.2 Å². The summed E-state index contributed by atoms with van der Waals surface area (Å²) in [5.41, 5.74) is 1.42. The van der Waals surface area contributed by atoms with Crippen molar-refractivity contribution >= 4 is 36.2 Å². The molecule has 0 spiro atoms. The Balaban J connectivity index is 2.47. The molecule has 0 atom stereocenters. The van der Waals surface area contributed by atoms with E-state index >= 15 is 0 Å². The molecule has 0 fully saturated rings. The van der Waals surface area contributed by atoms with E-state index in [0.29, 0.717) is 9.76 Å². The van der Waals surface area contributed by atoms with Crippen molar-refractivity contribution < 1.29 is 4.12 Å². The summed E-state index contributed by atoms with van der Waals surface area (Å²) in [5, 5.41) is 3.95. The molecular formula is C14H15OSi2. The molecule has 85 valence electrons. The predicted molar refractivity (Wildman–Crippen MR) is 74.8 cm³/mol. The molecule has 2 aromatic rings. The van der Waals surface area contributed by atoms with Crippen LogP contribution in [0.25, 0.3) is 10.8 Å². The van der Waals surface area contributed by atoms with E-state index in [0.717, 1.165) is 6.42 Å². The van der Waals surface area contributed by atoms with Crippen LogP contribution in [0, 0.1) is 0 Å². The number of rotatable bonds is 5. The molecule has 0 N–H and O–H groups in total. The molecule has 0 heterocycles. The van der Waals surface area contributed by atoms with Crippen LogP contribution in [0.15, 0.2) is 36.4 Å². The average molecular weight is 255 g/mol. The summed E-state index contributed by atoms with van der Waals surface area (Å²) >= 11 is 0. The van der Waals surface area contributed by atoms with E-state index in [1.54, 1.807) is 0 Å². The van der Waals surface area contributed by atoms with Crippen LogP contribution in [0.3, 0.4) is 0 Å². The quantitative estimate of drug-likeness (QED) is 0.746. The van der Waals surface area contributed by atoms with Crippen LogP contribution in [-0.2, 0) is 10.5 Å². The average Bonchev–Trinajstić information content (AvgIpc) is 2.38. The maximum atomic E-state index is 5.19. The number of benzene rings is 2. The lowest BCUT2D eigenvalue weighted by molar-refractivity contribution is 0.676. The smallest absolute Gasteiger partial charge is 0.257 e. The maximum absolute atomic E-state index is 5.19. The van der Waals surface area contributed by atoms with E-state index < -0.39 is 0 Å². The third-order valence-corrected chi connectivity index (χ3v) is 4.17. The van der Waals surface area contributed by atoms with Crippen molar-refractivity contribution in [1.82, 2.24) is 0 Å². The molecule has 0 aliphatic rings. The van der Waals surface area contributed by atoms with Gasteiger partial charge in [-0.3, -0.25) is 0 Å². The summed E-state index contributed by atoms with van der Waals surface area (Å²) in [4.78, 5) is 0. The monoisotopic (exact) mass is 255 g/mol. The maximum Gasteiger partial charge on any atom is 0.257 e. The summed E-state index contributed by atoms with van der Waals surface area (Å²) in [5.74, 6) is 0. The lowest BCUT2D eigenvalue weighted by Gasteiger charge is -2.11. The Labute approximate surface area is 109 Å². The molecule has 0 aromatic heterocycles. The highest BCUT2D eigenvalue weighted by atomic mass is 28.3. The first-order chi connectivity index (χ1) is 8.36. The molecule has 0 saturated heterocycles. The topological polar surface area (TPSA) is 9.23 Å². The Bertz CT molecular complexity index is 497. The Hall–Kier alpha value is -0.906. The van der Waals surface area contributed by atoms with Gasteiger partial charge in [-0.2, -0.15) is 0 Å². The lowest BCUT2D eigenvalue weighted by atomic mass is 10.0. The van der Waals surface area contributed by atoms with Gasteiger partial charge in [0.25, 0.3) is 9.76 Å². The van der Waals surface area contributed by atoms with Gasteiger partial charge in [0.15, 0.2) is 0 Å². The summed E-state index contributed by atoms with van der Waals surface area (Å²) in [6.45, 7) is 2.23. The zero-order chi connectivity index (χ0) is 12.1. The number of aryl methyl sites for hydroxylation is 1. The van der Waals surface area contributed by atoms with Crippen LogP contribution < -0.4 is 5.19 Å². The highest BCUT2D eigenvalue weighted by Gasteiger charge is 2.08. The van der Waals surface area contributed by atoms with Crippen molar-refractivity contribution in [2.75, 3.05) is 0 Å². The zero-order valence-electron chi connectivity index (χ0n) is 9.99. The SMILES string of the molecule is CCCCc1ccc2ccccc2c1[Si]O[Si]. The first kappa shape index (κ1) is 12.5. The standard InChI is InChI=1S/C14H15OSi2/c1-2-3-6-12-10-9-11-7-4-5-8-13(11)14(12)17-15-16/h4-5,7-10H,2-3,6H2,1H3. The first-order valence-corrected chi connectivity index (χ1v) is 7.27. The van der Waals surface area contributed by atoms with Gasteiger partial charge in [-0.15, -0.1) is 0 Å². The minimum absolute atomic E-state index is 0.365. The van der Waals surface area contributed by atoms with Crippen LogP contribution in [0.5, 0.6) is 0 Å². The molecule has 17 heavy (non-hydrogen) atoms. The van der Waals surface area contributed by atoms with Gasteiger partial charge in [0, 0.05) is 0 Å². The highest BCUT2D eigenvalue weighted by molar-refractivity contribution is 6.55. The minimum atomic E-state index is 0.365. The molecule has 5 radical (unpaired) electrons. The summed E-state index contributed by atoms with van der Waals surface area (Å²) in [6, 6.07) is 13.0. The van der Waals surface area contributed by atoms with E-state index in [1.807, 2.05) is 0 Å². The van der Waals surface area contributed by atoms with Gasteiger partial charge >= 0.3 is 0 Å². The first-order valence-electron chi connectivity index (χ1n) is 5.96. The fourth-order valence-electron chi connectivity index (χ4n) is 2.06. The molecule has 0 aliphatic heterocycles. The molecule has 2 aromatic carbocycles. The van der Waals surface area contributed by atoms with E-state index in [2.05, 4.69) is 53.8 Å². The second-order valence-electron chi connectivity index (χ2n) is 4.13. The molecule has 0 saturated carbocycles. The molecule has 3 heteroatoms. The third-order valence-electron chi connectivity index (χ3n) is 2.97. The number of fused-ring (bicyclic) bond motifs is 1. The highest BCUT2D eigenvalue weighted by Crippen LogP contribution is 2.15. The van der Waals surface area contributed by atoms with Crippen LogP contribution in [-0.4, -0.2) is 20.2 Å². The molecule has 0 unspecified atom stereocenters. The van der Waals surface area contributed by atoms with E-state index in [1.165, 1.54) is 34.4 Å².